The maximum absolute atomic E-state index is 5.98. The van der Waals surface area contributed by atoms with E-state index in [9.17, 15) is 0 Å². The highest BCUT2D eigenvalue weighted by atomic mass is 15.4. The van der Waals surface area contributed by atoms with E-state index < -0.39 is 0 Å². The van der Waals surface area contributed by atoms with Crippen molar-refractivity contribution in [1.29, 1.82) is 0 Å². The zero-order chi connectivity index (χ0) is 49.6. The van der Waals surface area contributed by atoms with Gasteiger partial charge >= 0.3 is 0 Å². The number of anilines is 3. The lowest BCUT2D eigenvalue weighted by atomic mass is 9.73. The quantitative estimate of drug-likeness (QED) is 0.133. The lowest BCUT2D eigenvalue weighted by Crippen LogP contribution is -2.68. The average Bonchev–Trinajstić information content (AvgIpc) is 3.17. The van der Waals surface area contributed by atoms with E-state index in [4.69, 9.17) is 15.0 Å². The van der Waals surface area contributed by atoms with Crippen molar-refractivity contribution in [3.63, 3.8) is 0 Å². The van der Waals surface area contributed by atoms with Gasteiger partial charge in [-0.1, -0.05) is 64.7 Å². The van der Waals surface area contributed by atoms with Gasteiger partial charge in [0.05, 0.1) is 0 Å². The van der Waals surface area contributed by atoms with E-state index in [1.54, 1.807) is 0 Å². The van der Waals surface area contributed by atoms with E-state index in [1.807, 2.05) is 0 Å². The van der Waals surface area contributed by atoms with Gasteiger partial charge in [0, 0.05) is 82.1 Å². The first-order valence-electron chi connectivity index (χ1n) is 27.2. The molecule has 4 saturated heterocycles. The summed E-state index contributed by atoms with van der Waals surface area (Å²) in [6.45, 7) is 42.6. The molecule has 0 unspecified atom stereocenters. The van der Waals surface area contributed by atoms with Crippen molar-refractivity contribution < 1.29 is 0 Å². The van der Waals surface area contributed by atoms with Crippen molar-refractivity contribution in [3.05, 3.63) is 0 Å². The molecule has 0 amide bonds. The second-order valence-corrected chi connectivity index (χ2v) is 27.6. The summed E-state index contributed by atoms with van der Waals surface area (Å²) < 4.78 is 0. The normalized spacial score (nSPS) is 26.1. The van der Waals surface area contributed by atoms with Crippen LogP contribution in [0, 0.1) is 0 Å². The first-order valence-corrected chi connectivity index (χ1v) is 27.2. The summed E-state index contributed by atoms with van der Waals surface area (Å²) in [6, 6.07) is 1.10. The molecule has 1 aromatic heterocycles. The molecule has 10 heteroatoms. The third-order valence-corrected chi connectivity index (χ3v) is 19.0. The van der Waals surface area contributed by atoms with Crippen molar-refractivity contribution in [2.45, 2.75) is 302 Å². The Bertz CT molecular complexity index is 1470. The van der Waals surface area contributed by atoms with Crippen LogP contribution < -0.4 is 14.7 Å². The Morgan fingerprint density at radius 3 is 0.818 bits per heavy atom. The molecule has 4 aliphatic rings. The van der Waals surface area contributed by atoms with Crippen LogP contribution >= 0.6 is 0 Å². The number of unbranched alkanes of at least 4 members (excludes halogenated alkanes) is 9. The number of hydrogen-bond acceptors (Lipinski definition) is 10. The summed E-state index contributed by atoms with van der Waals surface area (Å²) in [5.41, 5.74) is 0.0696. The molecule has 0 spiro atoms. The van der Waals surface area contributed by atoms with E-state index in [0.29, 0.717) is 0 Å². The van der Waals surface area contributed by atoms with Crippen molar-refractivity contribution in [3.8, 4) is 0 Å². The molecule has 5 rings (SSSR count). The molecule has 5 heterocycles. The van der Waals surface area contributed by atoms with Gasteiger partial charge in [0.1, 0.15) is 0 Å². The predicted octanol–water partition coefficient (Wildman–Crippen LogP) is 12.4. The van der Waals surface area contributed by atoms with Gasteiger partial charge in [-0.2, -0.15) is 15.0 Å². The van der Waals surface area contributed by atoms with Crippen LogP contribution in [0.2, 0.25) is 0 Å². The number of likely N-dealkylation sites (tertiary alicyclic amines) is 4. The Balaban J connectivity index is 1.69. The standard InChI is InChI=1S/C56H108N10/c1-23-24-25-26-27-28-29-30-31-32-33-60(18)46-57-47(65(42-34-49(2,3)61(19)50(4,5)35-42)43-36-51(6,7)62(20)52(8,9)37-43)59-48(58-46)66(44-38-53(10,11)63(21)54(12,13)39-44)45-40-55(14,15)64(22)56(16,17)41-45/h42-45H,23-41H2,1-22H3. The molecule has 0 aliphatic carbocycles. The van der Waals surface area contributed by atoms with E-state index in [0.717, 1.165) is 82.2 Å². The van der Waals surface area contributed by atoms with Gasteiger partial charge in [-0.15, -0.1) is 0 Å². The number of aromatic nitrogens is 3. The second kappa shape index (κ2) is 20.2. The maximum atomic E-state index is 5.98. The Morgan fingerprint density at radius 2 is 0.576 bits per heavy atom. The highest BCUT2D eigenvalue weighted by molar-refractivity contribution is 5.50. The fraction of sp³-hybridized carbons (Fsp3) is 0.946. The number of rotatable bonds is 18. The van der Waals surface area contributed by atoms with Crippen LogP contribution in [0.5, 0.6) is 0 Å². The second-order valence-electron chi connectivity index (χ2n) is 27.6. The molecule has 0 N–H and O–H groups in total. The molecular formula is C56H108N10. The van der Waals surface area contributed by atoms with Crippen LogP contribution in [0.4, 0.5) is 17.8 Å². The zero-order valence-electron chi connectivity index (χ0n) is 47.7. The molecule has 4 fully saturated rings. The third-order valence-electron chi connectivity index (χ3n) is 19.0. The molecule has 0 bridgehead atoms. The molecule has 0 atom stereocenters. The van der Waals surface area contributed by atoms with Crippen LogP contribution in [-0.4, -0.2) is 145 Å². The van der Waals surface area contributed by atoms with E-state index >= 15 is 0 Å². The Kier molecular flexibility index (Phi) is 16.9. The van der Waals surface area contributed by atoms with Gasteiger partial charge in [-0.25, -0.2) is 0 Å². The summed E-state index contributed by atoms with van der Waals surface area (Å²) >= 11 is 0. The molecule has 10 nitrogen and oxygen atoms in total. The first-order chi connectivity index (χ1) is 30.2. The topological polar surface area (TPSA) is 61.4 Å². The van der Waals surface area contributed by atoms with Crippen molar-refractivity contribution >= 4 is 17.8 Å². The molecule has 1 aromatic rings. The lowest BCUT2D eigenvalue weighted by molar-refractivity contribution is -0.0314. The number of piperidine rings is 4. The number of hydrogen-bond donors (Lipinski definition) is 0. The summed E-state index contributed by atoms with van der Waals surface area (Å²) in [7, 11) is 11.6. The van der Waals surface area contributed by atoms with Crippen LogP contribution in [0.15, 0.2) is 0 Å². The first kappa shape index (κ1) is 55.2. The Hall–Kier alpha value is -1.75. The summed E-state index contributed by atoms with van der Waals surface area (Å²) in [6.07, 6.45) is 21.8. The summed E-state index contributed by atoms with van der Waals surface area (Å²) in [5.74, 6) is 2.64. The van der Waals surface area contributed by atoms with Gasteiger partial charge in [0.2, 0.25) is 17.8 Å². The summed E-state index contributed by atoms with van der Waals surface area (Å²) in [4.78, 5) is 36.0. The van der Waals surface area contributed by atoms with Crippen LogP contribution in [-0.2, 0) is 0 Å². The maximum Gasteiger partial charge on any atom is 0.232 e. The Morgan fingerprint density at radius 1 is 0.364 bits per heavy atom. The average molecular weight is 922 g/mol. The van der Waals surface area contributed by atoms with Gasteiger partial charge in [0.25, 0.3) is 0 Å². The van der Waals surface area contributed by atoms with Gasteiger partial charge in [0.15, 0.2) is 0 Å². The minimum absolute atomic E-state index is 0.00869. The molecule has 382 valence electrons. The van der Waals surface area contributed by atoms with Crippen molar-refractivity contribution in [1.82, 2.24) is 34.6 Å². The Labute approximate surface area is 409 Å². The van der Waals surface area contributed by atoms with Crippen molar-refractivity contribution in [2.75, 3.05) is 56.5 Å². The van der Waals surface area contributed by atoms with E-state index in [1.165, 1.54) is 57.8 Å². The predicted molar refractivity (Wildman–Crippen MR) is 286 cm³/mol. The SMILES string of the molecule is CCCCCCCCCCCCN(C)c1nc(N(C2CC(C)(C)N(C)C(C)(C)C2)C2CC(C)(C)N(C)C(C)(C)C2)nc(N(C2CC(C)(C)N(C)C(C)(C)C2)C2CC(C)(C)N(C)C(C)(C)C2)n1. The highest BCUT2D eigenvalue weighted by Crippen LogP contribution is 2.48. The van der Waals surface area contributed by atoms with Gasteiger partial charge in [-0.05, 0) is 197 Å². The monoisotopic (exact) mass is 921 g/mol. The van der Waals surface area contributed by atoms with Crippen LogP contribution in [0.3, 0.4) is 0 Å². The highest BCUT2D eigenvalue weighted by Gasteiger charge is 2.53. The molecule has 0 aromatic carbocycles. The molecular weight excluding hydrogens is 813 g/mol. The molecule has 0 radical (unpaired) electrons. The lowest BCUT2D eigenvalue weighted by Gasteiger charge is -2.60. The fourth-order valence-electron chi connectivity index (χ4n) is 14.0. The van der Waals surface area contributed by atoms with E-state index in [2.05, 4.69) is 187 Å². The van der Waals surface area contributed by atoms with E-state index in [-0.39, 0.29) is 68.5 Å². The van der Waals surface area contributed by atoms with Crippen molar-refractivity contribution in [2.24, 2.45) is 0 Å². The summed E-state index contributed by atoms with van der Waals surface area (Å²) in [5, 5.41) is 0. The zero-order valence-corrected chi connectivity index (χ0v) is 47.7. The molecule has 4 aliphatic heterocycles. The fourth-order valence-corrected chi connectivity index (χ4v) is 14.0. The minimum Gasteiger partial charge on any atom is -0.344 e. The van der Waals surface area contributed by atoms with Crippen LogP contribution in [0.25, 0.3) is 0 Å². The number of nitrogens with zero attached hydrogens (tertiary/aromatic N) is 10. The molecule has 66 heavy (non-hydrogen) atoms. The minimum atomic E-state index is 0.00869. The largest absolute Gasteiger partial charge is 0.344 e. The molecule has 0 saturated carbocycles. The van der Waals surface area contributed by atoms with Gasteiger partial charge < -0.3 is 14.7 Å². The third kappa shape index (κ3) is 12.2. The van der Waals surface area contributed by atoms with Gasteiger partial charge in [-0.3, -0.25) is 19.6 Å². The van der Waals surface area contributed by atoms with Crippen LogP contribution in [0.1, 0.15) is 233 Å². The smallest absolute Gasteiger partial charge is 0.232 e.